The third kappa shape index (κ3) is 5.94. The smallest absolute Gasteiger partial charge is 0.416 e. The van der Waals surface area contributed by atoms with Crippen LogP contribution in [0.15, 0.2) is 67.5 Å². The zero-order valence-corrected chi connectivity index (χ0v) is 19.5. The molecule has 1 saturated heterocycles. The molecule has 0 atom stereocenters. The minimum Gasteiger partial charge on any atom is -0.457 e. The Balaban J connectivity index is 1.44. The van der Waals surface area contributed by atoms with Crippen molar-refractivity contribution in [3.63, 3.8) is 0 Å². The van der Waals surface area contributed by atoms with E-state index in [1.165, 1.54) is 24.5 Å². The number of hydrogen-bond donors (Lipinski definition) is 2. The van der Waals surface area contributed by atoms with E-state index in [0.717, 1.165) is 30.5 Å². The van der Waals surface area contributed by atoms with Gasteiger partial charge in [-0.25, -0.2) is 9.97 Å². The van der Waals surface area contributed by atoms with Gasteiger partial charge in [-0.05, 0) is 60.7 Å². The maximum absolute atomic E-state index is 13.0. The molecule has 36 heavy (non-hydrogen) atoms. The van der Waals surface area contributed by atoms with Gasteiger partial charge < -0.3 is 20.7 Å². The lowest BCUT2D eigenvalue weighted by Crippen LogP contribution is -2.39. The molecular weight excluding hydrogens is 471 g/mol. The largest absolute Gasteiger partial charge is 0.457 e. The Hall–Kier alpha value is -4.08. The molecule has 1 aliphatic rings. The van der Waals surface area contributed by atoms with Crippen molar-refractivity contribution in [3.8, 4) is 22.6 Å². The van der Waals surface area contributed by atoms with Gasteiger partial charge in [-0.15, -0.1) is 0 Å². The SMILES string of the molecule is C=CC(=O)N1CCC(CNc2ncnc(N)c2-c2ccc(Oc3cccc(C(F)(F)F)c3)cc2)CC1. The summed E-state index contributed by atoms with van der Waals surface area (Å²) in [4.78, 5) is 22.0. The zero-order valence-electron chi connectivity index (χ0n) is 19.5. The molecule has 1 amide bonds. The van der Waals surface area contributed by atoms with Gasteiger partial charge in [0.2, 0.25) is 5.91 Å². The van der Waals surface area contributed by atoms with Crippen molar-refractivity contribution in [2.45, 2.75) is 19.0 Å². The lowest BCUT2D eigenvalue weighted by atomic mass is 9.96. The minimum atomic E-state index is -4.45. The Bertz CT molecular complexity index is 1220. The summed E-state index contributed by atoms with van der Waals surface area (Å²) in [5.74, 6) is 1.66. The number of nitrogens with zero attached hydrogens (tertiary/aromatic N) is 3. The quantitative estimate of drug-likeness (QED) is 0.426. The van der Waals surface area contributed by atoms with Crippen molar-refractivity contribution in [1.29, 1.82) is 0 Å². The number of benzene rings is 2. The van der Waals surface area contributed by atoms with Crippen LogP contribution in [0.5, 0.6) is 11.5 Å². The van der Waals surface area contributed by atoms with Crippen LogP contribution in [0.25, 0.3) is 11.1 Å². The van der Waals surface area contributed by atoms with Crippen LogP contribution >= 0.6 is 0 Å². The fourth-order valence-electron chi connectivity index (χ4n) is 4.11. The highest BCUT2D eigenvalue weighted by molar-refractivity contribution is 5.87. The molecule has 2 heterocycles. The molecule has 4 rings (SSSR count). The molecule has 10 heteroatoms. The van der Waals surface area contributed by atoms with E-state index in [1.54, 1.807) is 29.2 Å². The van der Waals surface area contributed by atoms with Crippen LogP contribution in [-0.2, 0) is 11.0 Å². The van der Waals surface area contributed by atoms with Crippen molar-refractivity contribution in [2.75, 3.05) is 30.7 Å². The number of nitrogens with two attached hydrogens (primary N) is 1. The molecule has 1 aliphatic heterocycles. The number of amides is 1. The second-order valence-electron chi connectivity index (χ2n) is 8.49. The van der Waals surface area contributed by atoms with Crippen molar-refractivity contribution < 1.29 is 22.7 Å². The number of ether oxygens (including phenoxy) is 1. The Morgan fingerprint density at radius 2 is 1.86 bits per heavy atom. The molecule has 1 fully saturated rings. The molecule has 3 aromatic rings. The Morgan fingerprint density at radius 1 is 1.14 bits per heavy atom. The van der Waals surface area contributed by atoms with Gasteiger partial charge in [0.25, 0.3) is 0 Å². The van der Waals surface area contributed by atoms with Crippen molar-refractivity contribution in [3.05, 3.63) is 73.1 Å². The molecule has 2 aromatic carbocycles. The molecule has 0 unspecified atom stereocenters. The summed E-state index contributed by atoms with van der Waals surface area (Å²) in [6.07, 6.45) is 0.00763. The number of aromatic nitrogens is 2. The number of anilines is 2. The number of hydrogen-bond acceptors (Lipinski definition) is 6. The van der Waals surface area contributed by atoms with Crippen molar-refractivity contribution in [1.82, 2.24) is 14.9 Å². The Labute approximate surface area is 206 Å². The van der Waals surface area contributed by atoms with E-state index in [0.29, 0.717) is 48.5 Å². The number of likely N-dealkylation sites (tertiary alicyclic amines) is 1. The monoisotopic (exact) mass is 497 g/mol. The minimum absolute atomic E-state index is 0.0484. The van der Waals surface area contributed by atoms with Gasteiger partial charge in [-0.1, -0.05) is 24.8 Å². The first kappa shape index (κ1) is 25.0. The number of rotatable bonds is 7. The number of nitrogen functional groups attached to an aromatic ring is 1. The summed E-state index contributed by atoms with van der Waals surface area (Å²) in [6.45, 7) is 5.57. The summed E-state index contributed by atoms with van der Waals surface area (Å²) in [6, 6.07) is 11.5. The predicted octanol–water partition coefficient (Wildman–Crippen LogP) is 5.37. The molecule has 3 N–H and O–H groups in total. The van der Waals surface area contributed by atoms with Crippen LogP contribution in [0.3, 0.4) is 0 Å². The molecule has 0 radical (unpaired) electrons. The molecule has 7 nitrogen and oxygen atoms in total. The van der Waals surface area contributed by atoms with E-state index >= 15 is 0 Å². The maximum Gasteiger partial charge on any atom is 0.416 e. The Kier molecular flexibility index (Phi) is 7.42. The van der Waals surface area contributed by atoms with Crippen molar-refractivity contribution >= 4 is 17.5 Å². The molecule has 0 saturated carbocycles. The number of carbonyl (C=O) groups excluding carboxylic acids is 1. The van der Waals surface area contributed by atoms with Crippen LogP contribution < -0.4 is 15.8 Å². The molecule has 0 spiro atoms. The maximum atomic E-state index is 13.0. The van der Waals surface area contributed by atoms with E-state index < -0.39 is 11.7 Å². The highest BCUT2D eigenvalue weighted by Crippen LogP contribution is 2.35. The van der Waals surface area contributed by atoms with Gasteiger partial charge in [-0.2, -0.15) is 13.2 Å². The first-order chi connectivity index (χ1) is 17.2. The number of halogens is 3. The number of nitrogens with one attached hydrogen (secondary N) is 1. The number of alkyl halides is 3. The molecular formula is C26H26F3N5O2. The standard InChI is InChI=1S/C26H26F3N5O2/c1-2-22(35)34-12-10-17(11-13-34)15-31-25-23(24(30)32-16-33-25)18-6-8-20(9-7-18)36-21-5-3-4-19(14-21)26(27,28)29/h2-9,14,16-17H,1,10-13,15H2,(H3,30,31,32,33). The third-order valence-corrected chi connectivity index (χ3v) is 6.08. The van der Waals surface area contributed by atoms with Crippen LogP contribution in [0, 0.1) is 5.92 Å². The second kappa shape index (κ2) is 10.7. The summed E-state index contributed by atoms with van der Waals surface area (Å²) >= 11 is 0. The summed E-state index contributed by atoms with van der Waals surface area (Å²) < 4.78 is 44.5. The molecule has 0 aliphatic carbocycles. The highest BCUT2D eigenvalue weighted by Gasteiger charge is 2.30. The molecule has 188 valence electrons. The van der Waals surface area contributed by atoms with E-state index in [9.17, 15) is 18.0 Å². The zero-order chi connectivity index (χ0) is 25.7. The fraction of sp³-hybridized carbons (Fsp3) is 0.269. The molecule has 1 aromatic heterocycles. The van der Waals surface area contributed by atoms with Crippen LogP contribution in [-0.4, -0.2) is 40.4 Å². The predicted molar refractivity (Wildman–Crippen MR) is 131 cm³/mol. The van der Waals surface area contributed by atoms with Crippen LogP contribution in [0.2, 0.25) is 0 Å². The van der Waals surface area contributed by atoms with Gasteiger partial charge in [-0.3, -0.25) is 4.79 Å². The van der Waals surface area contributed by atoms with E-state index in [-0.39, 0.29) is 11.7 Å². The second-order valence-corrected chi connectivity index (χ2v) is 8.49. The summed E-state index contributed by atoms with van der Waals surface area (Å²) in [5, 5.41) is 3.36. The topological polar surface area (TPSA) is 93.4 Å². The van der Waals surface area contributed by atoms with Crippen LogP contribution in [0.1, 0.15) is 18.4 Å². The average Bonchev–Trinajstić information content (AvgIpc) is 2.88. The van der Waals surface area contributed by atoms with E-state index in [2.05, 4.69) is 21.9 Å². The van der Waals surface area contributed by atoms with E-state index in [1.807, 2.05) is 0 Å². The van der Waals surface area contributed by atoms with Gasteiger partial charge in [0.1, 0.15) is 29.5 Å². The van der Waals surface area contributed by atoms with E-state index in [4.69, 9.17) is 10.5 Å². The first-order valence-electron chi connectivity index (χ1n) is 11.5. The van der Waals surface area contributed by atoms with Crippen molar-refractivity contribution in [2.24, 2.45) is 5.92 Å². The Morgan fingerprint density at radius 3 is 2.53 bits per heavy atom. The van der Waals surface area contributed by atoms with Crippen LogP contribution in [0.4, 0.5) is 24.8 Å². The summed E-state index contributed by atoms with van der Waals surface area (Å²) in [5.41, 5.74) is 6.75. The van der Waals surface area contributed by atoms with Gasteiger partial charge in [0.05, 0.1) is 11.1 Å². The summed E-state index contributed by atoms with van der Waals surface area (Å²) in [7, 11) is 0. The molecule has 0 bridgehead atoms. The number of carbonyl (C=O) groups is 1. The number of piperidine rings is 1. The lowest BCUT2D eigenvalue weighted by Gasteiger charge is -2.31. The highest BCUT2D eigenvalue weighted by atomic mass is 19.4. The third-order valence-electron chi connectivity index (χ3n) is 6.08. The fourth-order valence-corrected chi connectivity index (χ4v) is 4.11. The van der Waals surface area contributed by atoms with Gasteiger partial charge in [0, 0.05) is 19.6 Å². The first-order valence-corrected chi connectivity index (χ1v) is 11.5. The van der Waals surface area contributed by atoms with Gasteiger partial charge >= 0.3 is 6.18 Å². The lowest BCUT2D eigenvalue weighted by molar-refractivity contribution is -0.137. The van der Waals surface area contributed by atoms with Gasteiger partial charge in [0.15, 0.2) is 0 Å². The normalized spacial score (nSPS) is 14.4. The average molecular weight is 498 g/mol.